The molecule has 7 rings (SSSR count). The van der Waals surface area contributed by atoms with Gasteiger partial charge in [-0.1, -0.05) is 9.97 Å². The summed E-state index contributed by atoms with van der Waals surface area (Å²) in [7, 11) is -9.64. The van der Waals surface area contributed by atoms with Gasteiger partial charge in [-0.2, -0.15) is 28.6 Å². The Labute approximate surface area is 254 Å². The lowest BCUT2D eigenvalue weighted by molar-refractivity contribution is -0.745. The second-order valence-corrected chi connectivity index (χ2v) is 13.4. The molecule has 0 bridgehead atoms. The molecule has 7 heterocycles. The first-order chi connectivity index (χ1) is 21.7. The first kappa shape index (κ1) is 31.3. The second-order valence-electron chi connectivity index (χ2n) is 10.5. The number of ether oxygens (including phenoxy) is 2. The van der Waals surface area contributed by atoms with Crippen LogP contribution in [0.15, 0.2) is 22.2 Å². The number of aliphatic hydroxyl groups is 2. The number of aliphatic hydroxyl groups excluding tert-OH is 2. The molecule has 0 aromatic carbocycles. The van der Waals surface area contributed by atoms with E-state index in [0.717, 1.165) is 0 Å². The van der Waals surface area contributed by atoms with Gasteiger partial charge >= 0.3 is 27.6 Å². The summed E-state index contributed by atoms with van der Waals surface area (Å²) < 4.78 is 35.3. The molecule has 0 aliphatic carbocycles. The van der Waals surface area contributed by atoms with Crippen LogP contribution in [-0.2, 0) is 27.6 Å². The van der Waals surface area contributed by atoms with Crippen molar-refractivity contribution >= 4 is 50.6 Å². The number of nitrogens with two attached hydrogens (primary N) is 2. The quantitative estimate of drug-likeness (QED) is 0.0689. The minimum Gasteiger partial charge on any atom is -0.384 e. The molecule has 3 aliphatic heterocycles. The van der Waals surface area contributed by atoms with Crippen molar-refractivity contribution in [2.24, 2.45) is 0 Å². The molecule has 3 aliphatic rings. The summed E-state index contributed by atoms with van der Waals surface area (Å²) in [5.74, 6) is -0.481. The smallest absolute Gasteiger partial charge is 0.384 e. The van der Waals surface area contributed by atoms with Crippen LogP contribution >= 0.6 is 16.3 Å². The van der Waals surface area contributed by atoms with Gasteiger partial charge in [-0.05, 0) is 0 Å². The summed E-state index contributed by atoms with van der Waals surface area (Å²) in [5, 5.41) is 22.4. The molecule has 3 saturated heterocycles. The van der Waals surface area contributed by atoms with Crippen LogP contribution < -0.4 is 31.7 Å². The molecule has 46 heavy (non-hydrogen) atoms. The highest BCUT2D eigenvalue weighted by molar-refractivity contribution is 7.54. The van der Waals surface area contributed by atoms with E-state index in [2.05, 4.69) is 29.9 Å². The Kier molecular flexibility index (Phi) is 7.58. The highest BCUT2D eigenvalue weighted by Crippen LogP contribution is 2.59. The fraction of sp³-hybridized carbons (Fsp3) is 0.500. The predicted molar refractivity (Wildman–Crippen MR) is 147 cm³/mol. The van der Waals surface area contributed by atoms with Crippen LogP contribution in [0.5, 0.6) is 0 Å². The van der Waals surface area contributed by atoms with E-state index in [1.807, 2.05) is 0 Å². The van der Waals surface area contributed by atoms with Gasteiger partial charge in [-0.25, -0.2) is 9.13 Å². The maximum absolute atomic E-state index is 12.3. The van der Waals surface area contributed by atoms with Gasteiger partial charge in [0.05, 0.1) is 0 Å². The molecule has 248 valence electrons. The molecule has 0 spiro atoms. The number of hydrogen-bond acceptors (Lipinski definition) is 18. The van der Waals surface area contributed by atoms with Gasteiger partial charge < -0.3 is 31.2 Å². The Morgan fingerprint density at radius 1 is 0.739 bits per heavy atom. The second kappa shape index (κ2) is 11.1. The van der Waals surface area contributed by atoms with Crippen molar-refractivity contribution in [2.45, 2.75) is 49.1 Å². The third-order valence-corrected chi connectivity index (χ3v) is 9.53. The first-order valence-corrected chi connectivity index (χ1v) is 16.4. The van der Waals surface area contributed by atoms with Gasteiger partial charge in [0.1, 0.15) is 37.6 Å². The Bertz CT molecular complexity index is 1780. The van der Waals surface area contributed by atoms with E-state index in [1.54, 1.807) is 0 Å². The molecule has 24 nitrogen and oxygen atoms in total. The standard InChI is InChI=1S/C20H24N10O14P2/c21-19-25-13-7(15(33)27-19)23-3-29(13)17-9(31)11-5(41-17)1-39-45(35,36)44-12-6(2-40-46(37,38)43-11)42-18(10(12)32)30-4-24-8-14(30)26-20(22)28-16(8)34/h3-6,9-12,17-18,31-32,35-38H,1-2H2,(H4-2,21,22,25,26,27,28,33,34)/p+4/t5-,6-,9-,10-,11-,12-,17-,18-/m1/s1. The van der Waals surface area contributed by atoms with Crippen LogP contribution in [0.4, 0.5) is 11.9 Å². The van der Waals surface area contributed by atoms with E-state index in [1.165, 1.54) is 21.8 Å². The lowest BCUT2D eigenvalue weighted by Crippen LogP contribution is -2.46. The fourth-order valence-electron chi connectivity index (χ4n) is 5.52. The van der Waals surface area contributed by atoms with Gasteiger partial charge in [0.2, 0.25) is 23.5 Å². The van der Waals surface area contributed by atoms with Crippen LogP contribution in [-0.4, -0.2) is 110 Å². The zero-order valence-corrected chi connectivity index (χ0v) is 24.8. The van der Waals surface area contributed by atoms with Crippen LogP contribution in [0.2, 0.25) is 0 Å². The van der Waals surface area contributed by atoms with Crippen molar-refractivity contribution in [3.63, 3.8) is 0 Å². The number of nitrogens with one attached hydrogen (secondary N) is 4. The van der Waals surface area contributed by atoms with Crippen LogP contribution in [0.3, 0.4) is 0 Å². The number of rotatable bonds is 2. The molecular formula is C20H28N10O14P2+4. The molecule has 14 N–H and O–H groups in total. The largest absolute Gasteiger partial charge is 0.570 e. The fourth-order valence-corrected chi connectivity index (χ4v) is 7.47. The Morgan fingerprint density at radius 2 is 1.13 bits per heavy atom. The monoisotopic (exact) mass is 694 g/mol. The maximum atomic E-state index is 12.3. The molecular weight excluding hydrogens is 666 g/mol. The van der Waals surface area contributed by atoms with E-state index in [9.17, 15) is 39.4 Å². The summed E-state index contributed by atoms with van der Waals surface area (Å²) >= 11 is 0. The molecule has 8 atom stereocenters. The van der Waals surface area contributed by atoms with Gasteiger partial charge in [-0.3, -0.25) is 29.5 Å². The average Bonchev–Trinajstić information content (AvgIpc) is 3.72. The van der Waals surface area contributed by atoms with Gasteiger partial charge in [0.25, 0.3) is 23.0 Å². The third kappa shape index (κ3) is 5.42. The Balaban J connectivity index is 1.17. The minimum atomic E-state index is -4.82. The van der Waals surface area contributed by atoms with E-state index >= 15 is 0 Å². The number of anilines is 2. The zero-order chi connectivity index (χ0) is 32.7. The van der Waals surface area contributed by atoms with Crippen molar-refractivity contribution in [3.8, 4) is 0 Å². The number of hydrogen-bond donors (Lipinski definition) is 12. The molecule has 3 fully saturated rings. The molecule has 0 radical (unpaired) electrons. The molecule has 0 amide bonds. The molecule has 0 saturated carbocycles. The predicted octanol–water partition coefficient (Wildman–Crippen LogP) is -5.09. The third-order valence-electron chi connectivity index (χ3n) is 7.52. The minimum absolute atomic E-state index is 0.0214. The van der Waals surface area contributed by atoms with E-state index < -0.39 is 89.8 Å². The normalized spacial score (nSPS) is 33.0. The van der Waals surface area contributed by atoms with Gasteiger partial charge in [0, 0.05) is 0 Å². The van der Waals surface area contributed by atoms with Crippen molar-refractivity contribution < 1.29 is 66.5 Å². The lowest BCUT2D eigenvalue weighted by Gasteiger charge is -2.24. The van der Waals surface area contributed by atoms with Crippen molar-refractivity contribution in [2.75, 3.05) is 24.7 Å². The van der Waals surface area contributed by atoms with E-state index in [-0.39, 0.29) is 34.2 Å². The summed E-state index contributed by atoms with van der Waals surface area (Å²) in [6.45, 7) is -1.53. The van der Waals surface area contributed by atoms with Gasteiger partial charge in [0.15, 0.2) is 24.9 Å². The molecule has 26 heteroatoms. The highest BCUT2D eigenvalue weighted by atomic mass is 31.2. The SMILES string of the molecule is Nc1nc2c([nH]c[n+]2[C@@H]2O[C@@H]3CO[P+](O)(O)O[C@H]4[C@@H](O)[C@H]([n+]5c[nH]c6c(=O)[nH]c(N)nc65)O[C@@H]4CO[P+](O)(O)O[C@H]3[C@H]2O)c(=O)[nH]1. The summed E-state index contributed by atoms with van der Waals surface area (Å²) in [5.41, 5.74) is 9.96. The van der Waals surface area contributed by atoms with Crippen LogP contribution in [0.1, 0.15) is 12.5 Å². The molecule has 4 aromatic rings. The summed E-state index contributed by atoms with van der Waals surface area (Å²) in [6, 6.07) is 0. The van der Waals surface area contributed by atoms with Crippen molar-refractivity contribution in [1.82, 2.24) is 29.9 Å². The Morgan fingerprint density at radius 3 is 1.52 bits per heavy atom. The van der Waals surface area contributed by atoms with Crippen molar-refractivity contribution in [1.29, 1.82) is 0 Å². The number of fused-ring (bicyclic) bond motifs is 4. The summed E-state index contributed by atoms with van der Waals surface area (Å²) in [4.78, 5) is 85.5. The highest BCUT2D eigenvalue weighted by Gasteiger charge is 2.62. The summed E-state index contributed by atoms with van der Waals surface area (Å²) in [6.07, 6.45) is -9.83. The maximum Gasteiger partial charge on any atom is 0.570 e. The Hall–Kier alpha value is -3.32. The zero-order valence-electron chi connectivity index (χ0n) is 23.0. The van der Waals surface area contributed by atoms with Gasteiger partial charge in [-0.15, -0.1) is 9.05 Å². The molecule has 0 unspecified atom stereocenters. The lowest BCUT2D eigenvalue weighted by atomic mass is 10.1. The first-order valence-electron chi connectivity index (χ1n) is 13.3. The number of nitrogen functional groups attached to an aromatic ring is 2. The van der Waals surface area contributed by atoms with Crippen LogP contribution in [0.25, 0.3) is 22.3 Å². The molecule has 4 aromatic heterocycles. The number of aromatic amines is 4. The van der Waals surface area contributed by atoms with E-state index in [4.69, 9.17) is 39.0 Å². The average molecular weight is 694 g/mol. The van der Waals surface area contributed by atoms with Crippen molar-refractivity contribution in [3.05, 3.63) is 33.4 Å². The number of nitrogens with zero attached hydrogens (tertiary/aromatic N) is 4. The van der Waals surface area contributed by atoms with Crippen LogP contribution in [0, 0.1) is 0 Å². The number of imidazole rings is 2. The topological polar surface area (TPSA) is 360 Å². The van der Waals surface area contributed by atoms with E-state index in [0.29, 0.717) is 0 Å². The number of H-pyrrole nitrogens is 4. The number of aromatic nitrogens is 8.